The average molecular weight is 2000 g/mol. The zero-order chi connectivity index (χ0) is 94.6. The summed E-state index contributed by atoms with van der Waals surface area (Å²) in [5.74, 6) is 3.49. The summed E-state index contributed by atoms with van der Waals surface area (Å²) in [6.07, 6.45) is 14.2. The van der Waals surface area contributed by atoms with Crippen LogP contribution in [0.5, 0.6) is 0 Å². The molecule has 39 nitrogen and oxygen atoms in total. The molecule has 3 amide bonds. The first-order valence-electron chi connectivity index (χ1n) is 40.2. The van der Waals surface area contributed by atoms with Gasteiger partial charge in [-0.05, 0) is 163 Å². The van der Waals surface area contributed by atoms with Crippen molar-refractivity contribution in [2.75, 3.05) is 84.7 Å². The van der Waals surface area contributed by atoms with Crippen LogP contribution >= 0.6 is 39.1 Å². The number of carbonyl (C=O) groups is 5. The normalized spacial score (nSPS) is 14.7. The Hall–Kier alpha value is -13.1. The maximum atomic E-state index is 12.2. The van der Waals surface area contributed by atoms with Gasteiger partial charge in [0, 0.05) is 179 Å². The number of piperazine rings is 3. The number of nitro groups is 3. The van der Waals surface area contributed by atoms with E-state index in [0.29, 0.717) is 139 Å². The van der Waals surface area contributed by atoms with E-state index in [9.17, 15) is 54.3 Å². The van der Waals surface area contributed by atoms with Gasteiger partial charge in [-0.25, -0.2) is 44.9 Å². The molecule has 5 aromatic carbocycles. The van der Waals surface area contributed by atoms with Crippen molar-refractivity contribution in [2.45, 2.75) is 129 Å². The standard InChI is InChI=1S/C20H22N6O2.C15H16N4O4.C15H18N4O2.C9H5ClN2O3.C9H6N2O3.C7H13NO.C5H9BrO.C5H5ClN2.C2H8N2.CH3.Pd/c1-13-7-8-22-18(24-13)25-15-6-4-5-14(11-15)16-12-23-19(28-16)26-10-9-21-17(27)20(26,2)3;1-15(2)13(20)16-6-7-18(15)14-17-9-12(23-14)10-4-3-5-11(8-10)19(21)22;1-15(2)13(20)17-6-7-19(15)14-18-9-12(21-14)10-4-3-5-11(16)8-10;10-9-11-5-8(15-9)6-2-1-3-7(4-6)12(13)14;12-11(13)8-3-1-2-7(4-8)9-5-10-6-14-9;1-7(2)6(9)4-3-5-8-7;1-4(7)5(2,3)6;1-4-2-3-7-5(6)8-4;3-1-2-4;;/h4-8,11-12H,9-10H2,1-3H3,(H,21,27)(H,22,24,25);3-5,8-9H,6-7H2,1-2H3,(H,16,20);3-5,8-9H,6-7,16H2,1-2H3,(H,17,20);1-5H;1-6H;8H,3-5H2,1-2H3;1-3H3;2-3H,1H3;1-4H2;1H3;/q;;;;;;;;;-1;. The average Bonchev–Trinajstić information content (AvgIpc) is 1.73. The van der Waals surface area contributed by atoms with Crippen LogP contribution in [-0.4, -0.2) is 174 Å². The van der Waals surface area contributed by atoms with Crippen molar-refractivity contribution in [3.05, 3.63) is 243 Å². The van der Waals surface area contributed by atoms with Gasteiger partial charge in [0.25, 0.3) is 40.5 Å². The quantitative estimate of drug-likeness (QED) is 0.00898. The summed E-state index contributed by atoms with van der Waals surface area (Å²) in [6, 6.07) is 38.5. The van der Waals surface area contributed by atoms with E-state index in [4.69, 9.17) is 62.5 Å². The number of alkyl halides is 1. The van der Waals surface area contributed by atoms with E-state index in [1.165, 1.54) is 61.4 Å². The second kappa shape index (κ2) is 49.0. The van der Waals surface area contributed by atoms with Crippen LogP contribution in [0.15, 0.2) is 205 Å². The van der Waals surface area contributed by atoms with Crippen molar-refractivity contribution in [3.63, 3.8) is 0 Å². The van der Waals surface area contributed by atoms with Gasteiger partial charge in [-0.1, -0.05) is 76.6 Å². The van der Waals surface area contributed by atoms with Gasteiger partial charge < -0.3 is 88.0 Å². The molecule has 0 saturated carbocycles. The first kappa shape index (κ1) is 107. The summed E-state index contributed by atoms with van der Waals surface area (Å²) in [4.78, 5) is 130. The monoisotopic (exact) mass is 1990 g/mol. The van der Waals surface area contributed by atoms with Gasteiger partial charge in [-0.2, -0.15) is 0 Å². The number of ketones is 2. The summed E-state index contributed by atoms with van der Waals surface area (Å²) in [6.45, 7) is 29.6. The number of nitrogens with zero attached hydrogens (tertiary/aromatic N) is 15. The molecule has 4 aliphatic heterocycles. The van der Waals surface area contributed by atoms with E-state index in [2.05, 4.69) is 87.4 Å². The maximum absolute atomic E-state index is 12.2. The van der Waals surface area contributed by atoms with Crippen LogP contribution in [-0.2, 0) is 44.4 Å². The topological polar surface area (TPSA) is 544 Å². The predicted molar refractivity (Wildman–Crippen MR) is 499 cm³/mol. The third kappa shape index (κ3) is 31.0. The van der Waals surface area contributed by atoms with Gasteiger partial charge in [-0.3, -0.25) is 54.3 Å². The van der Waals surface area contributed by atoms with Crippen LogP contribution < -0.4 is 58.5 Å². The van der Waals surface area contributed by atoms with Crippen LogP contribution in [0.3, 0.4) is 0 Å². The van der Waals surface area contributed by atoms with Crippen molar-refractivity contribution >= 4 is 121 Å². The molecule has 12 aromatic rings. The summed E-state index contributed by atoms with van der Waals surface area (Å²) < 4.78 is 27.3. The Morgan fingerprint density at radius 2 is 0.916 bits per heavy atom. The molecule has 0 aliphatic carbocycles. The molecule has 700 valence electrons. The number of halogens is 3. The molecular formula is C88H105BrCl2N23O16Pd-. The zero-order valence-corrected chi connectivity index (χ0v) is 79.2. The first-order valence-corrected chi connectivity index (χ1v) is 41.7. The van der Waals surface area contributed by atoms with Crippen molar-refractivity contribution < 1.29 is 81.3 Å². The van der Waals surface area contributed by atoms with Gasteiger partial charge in [0.1, 0.15) is 22.4 Å². The number of oxazole rings is 5. The van der Waals surface area contributed by atoms with Gasteiger partial charge in [0.15, 0.2) is 41.0 Å². The molecule has 11 heterocycles. The van der Waals surface area contributed by atoms with E-state index in [-0.39, 0.29) is 83.6 Å². The van der Waals surface area contributed by atoms with E-state index in [1.54, 1.807) is 92.9 Å². The molecule has 16 rings (SSSR count). The summed E-state index contributed by atoms with van der Waals surface area (Å²) in [7, 11) is 0. The fraction of sp³-hybridized carbons (Fsp3) is 0.330. The number of aryl methyl sites for hydroxylation is 2. The number of amides is 3. The Morgan fingerprint density at radius 1 is 0.534 bits per heavy atom. The SMILES string of the molecule is CC(=O)C(C)(C)Br.CC1(C)C(=O)NCCN1c1ncc(-c2cccc(N)c2)o1.CC1(C)C(=O)NCCN1c1ncc(-c2cccc([N+](=O)[O-])c2)o1.CC1(C)NCCCC1=O.Cc1ccnc(Cl)n1.Cc1ccnc(Nc2cccc(-c3cnc(N4CCNC(=O)C4(C)C)o3)c2)n1.NCCN.O=[N+]([O-])c1cccc(-c2cnc(Cl)o2)c1.O=[N+]([O-])c1cccc(-c2cnco2)c1.[CH3-].[Pd]. The molecule has 0 unspecified atom stereocenters. The number of aromatic nitrogens is 9. The number of nitrogens with one attached hydrogen (secondary N) is 5. The number of hydrogen-bond donors (Lipinski definition) is 8. The number of hydrogen-bond acceptors (Lipinski definition) is 33. The van der Waals surface area contributed by atoms with Gasteiger partial charge >= 0.3 is 0 Å². The minimum absolute atomic E-state index is 0. The first-order chi connectivity index (χ1) is 61.0. The molecule has 4 fully saturated rings. The van der Waals surface area contributed by atoms with E-state index < -0.39 is 31.4 Å². The minimum atomic E-state index is -0.775. The number of nitro benzene ring substituents is 3. The Labute approximate surface area is 788 Å². The molecule has 7 aromatic heterocycles. The predicted octanol–water partition coefficient (Wildman–Crippen LogP) is 14.9. The Bertz CT molecular complexity index is 5790. The maximum Gasteiger partial charge on any atom is 0.298 e. The molecule has 0 radical (unpaired) electrons. The second-order valence-corrected chi connectivity index (χ2v) is 33.8. The smallest absolute Gasteiger partial charge is 0.298 e. The third-order valence-corrected chi connectivity index (χ3v) is 20.6. The van der Waals surface area contributed by atoms with Gasteiger partial charge in [-0.15, -0.1) is 0 Å². The summed E-state index contributed by atoms with van der Waals surface area (Å²) in [5, 5.41) is 47.1. The Kier molecular flexibility index (Phi) is 39.9. The number of Topliss-reactive ketones (excluding diaryl/α,β-unsaturated/α-hetero) is 2. The Balaban J connectivity index is 0.000000237. The van der Waals surface area contributed by atoms with Crippen LogP contribution in [0, 0.1) is 51.6 Å². The molecular weight excluding hydrogens is 1890 g/mol. The summed E-state index contributed by atoms with van der Waals surface area (Å²) in [5.41, 5.74) is 20.0. The molecule has 4 saturated heterocycles. The number of rotatable bonds is 15. The molecule has 4 aliphatic rings. The molecule has 0 spiro atoms. The largest absolute Gasteiger partial charge is 0.444 e. The van der Waals surface area contributed by atoms with E-state index in [1.807, 2.05) is 134 Å². The van der Waals surface area contributed by atoms with Crippen LogP contribution in [0.2, 0.25) is 10.6 Å². The second-order valence-electron chi connectivity index (χ2n) is 31.2. The number of non-ortho nitro benzene ring substituents is 3. The minimum Gasteiger partial charge on any atom is -0.444 e. The molecule has 43 heteroatoms. The van der Waals surface area contributed by atoms with Gasteiger partial charge in [0.05, 0.1) is 55.6 Å². The number of nitrogens with two attached hydrogens (primary N) is 3. The number of carbonyl (C=O) groups excluding carboxylic acids is 5. The van der Waals surface area contributed by atoms with Crippen LogP contribution in [0.25, 0.3) is 56.6 Å². The number of nitrogen functional groups attached to an aromatic ring is 1. The summed E-state index contributed by atoms with van der Waals surface area (Å²) >= 11 is 14.1. The van der Waals surface area contributed by atoms with Crippen molar-refractivity contribution in [2.24, 2.45) is 11.5 Å². The van der Waals surface area contributed by atoms with Crippen LogP contribution in [0.1, 0.15) is 100 Å². The fourth-order valence-electron chi connectivity index (χ4n) is 11.9. The molecule has 131 heavy (non-hydrogen) atoms. The van der Waals surface area contributed by atoms with E-state index in [0.717, 1.165) is 47.6 Å². The Morgan fingerprint density at radius 3 is 1.25 bits per heavy atom. The zero-order valence-electron chi connectivity index (χ0n) is 74.5. The van der Waals surface area contributed by atoms with Crippen molar-refractivity contribution in [1.82, 2.24) is 66.1 Å². The number of piperidine rings is 1. The van der Waals surface area contributed by atoms with Gasteiger partial charge in [0.2, 0.25) is 29.0 Å². The molecule has 0 bridgehead atoms. The molecule has 11 N–H and O–H groups in total. The third-order valence-electron chi connectivity index (χ3n) is 19.6. The van der Waals surface area contributed by atoms with Crippen molar-refractivity contribution in [1.29, 1.82) is 0 Å². The molecule has 0 atom stereocenters. The fourth-order valence-corrected chi connectivity index (χ4v) is 12.2. The number of benzene rings is 5. The van der Waals surface area contributed by atoms with Crippen LogP contribution in [0.4, 0.5) is 52.4 Å². The van der Waals surface area contributed by atoms with Crippen molar-refractivity contribution in [3.8, 4) is 56.6 Å². The van der Waals surface area contributed by atoms with E-state index >= 15 is 0 Å². The number of anilines is 6.